The second-order valence-corrected chi connectivity index (χ2v) is 11.4. The van der Waals surface area contributed by atoms with Gasteiger partial charge < -0.3 is 25.4 Å². The van der Waals surface area contributed by atoms with Crippen LogP contribution in [0.5, 0.6) is 0 Å². The maximum atomic E-state index is 13.3. The van der Waals surface area contributed by atoms with E-state index in [1.807, 2.05) is 30.3 Å². The Morgan fingerprint density at radius 2 is 1.56 bits per heavy atom. The molecule has 0 saturated carbocycles. The fraction of sp³-hybridized carbons (Fsp3) is 0.394. The molecule has 0 unspecified atom stereocenters. The lowest BCUT2D eigenvalue weighted by Crippen LogP contribution is -2.61. The van der Waals surface area contributed by atoms with E-state index in [1.165, 1.54) is 5.56 Å². The standard InChI is InChI=1S/C33H39N5O3/c34-30-11-8-25(32(39)36-23-33(12-16-40-17-13-33)26-4-2-1-3-5-26)20-29(30)31(35)24-6-9-27(10-7-24)38-21-28(22-38)37-14-18-41-19-15-37/h1-11,20,28,35H,12-19,21-23,34H2,(H,36,39). The molecule has 3 saturated heterocycles. The van der Waals surface area contributed by atoms with Gasteiger partial charge in [-0.2, -0.15) is 0 Å². The third-order valence-electron chi connectivity index (χ3n) is 8.95. The Hall–Kier alpha value is -3.72. The summed E-state index contributed by atoms with van der Waals surface area (Å²) < 4.78 is 11.1. The summed E-state index contributed by atoms with van der Waals surface area (Å²) in [5, 5.41) is 12.1. The summed E-state index contributed by atoms with van der Waals surface area (Å²) in [6.07, 6.45) is 1.71. The van der Waals surface area contributed by atoms with Crippen LogP contribution in [-0.2, 0) is 14.9 Å². The first-order chi connectivity index (χ1) is 20.0. The number of benzene rings is 3. The van der Waals surface area contributed by atoms with Gasteiger partial charge >= 0.3 is 0 Å². The Bertz CT molecular complexity index is 1360. The Balaban J connectivity index is 1.11. The molecule has 0 bridgehead atoms. The first kappa shape index (κ1) is 27.4. The highest BCUT2D eigenvalue weighted by molar-refractivity contribution is 6.15. The lowest BCUT2D eigenvalue weighted by Gasteiger charge is -2.47. The number of morpholine rings is 1. The monoisotopic (exact) mass is 553 g/mol. The molecule has 3 aromatic rings. The van der Waals surface area contributed by atoms with Crippen molar-refractivity contribution >= 4 is 23.0 Å². The second-order valence-electron chi connectivity index (χ2n) is 11.4. The van der Waals surface area contributed by atoms with E-state index in [0.717, 1.165) is 63.5 Å². The molecule has 0 aliphatic carbocycles. The SMILES string of the molecule is N=C(c1ccc(N2CC(N3CCOCC3)C2)cc1)c1cc(C(=O)NCC2(c3ccccc3)CCOCC2)ccc1N. The Kier molecular flexibility index (Phi) is 8.05. The molecule has 3 aliphatic heterocycles. The number of nitrogen functional groups attached to an aromatic ring is 1. The van der Waals surface area contributed by atoms with E-state index in [9.17, 15) is 4.79 Å². The molecule has 1 amide bonds. The van der Waals surface area contributed by atoms with Crippen molar-refractivity contribution in [1.82, 2.24) is 10.2 Å². The molecule has 8 heteroatoms. The highest BCUT2D eigenvalue weighted by Crippen LogP contribution is 2.34. The third kappa shape index (κ3) is 5.86. The minimum atomic E-state index is -0.163. The Labute approximate surface area is 241 Å². The molecular weight excluding hydrogens is 514 g/mol. The normalized spacial score (nSPS) is 19.4. The number of anilines is 2. The van der Waals surface area contributed by atoms with Gasteiger partial charge in [-0.05, 0) is 48.7 Å². The van der Waals surface area contributed by atoms with Crippen LogP contribution in [0.25, 0.3) is 0 Å². The Morgan fingerprint density at radius 3 is 2.27 bits per heavy atom. The van der Waals surface area contributed by atoms with E-state index >= 15 is 0 Å². The second kappa shape index (κ2) is 12.0. The number of rotatable bonds is 8. The number of carbonyl (C=O) groups is 1. The van der Waals surface area contributed by atoms with Crippen molar-refractivity contribution in [2.24, 2.45) is 0 Å². The van der Waals surface area contributed by atoms with E-state index in [-0.39, 0.29) is 11.3 Å². The van der Waals surface area contributed by atoms with E-state index in [4.69, 9.17) is 20.6 Å². The predicted molar refractivity (Wildman–Crippen MR) is 162 cm³/mol. The van der Waals surface area contributed by atoms with Gasteiger partial charge in [0, 0.05) is 85.5 Å². The van der Waals surface area contributed by atoms with Crippen LogP contribution < -0.4 is 16.0 Å². The van der Waals surface area contributed by atoms with Crippen LogP contribution in [0.3, 0.4) is 0 Å². The number of ether oxygens (including phenoxy) is 2. The topological polar surface area (TPSA) is 104 Å². The van der Waals surface area contributed by atoms with Crippen LogP contribution in [0.4, 0.5) is 11.4 Å². The van der Waals surface area contributed by atoms with Crippen molar-refractivity contribution in [2.45, 2.75) is 24.3 Å². The zero-order valence-electron chi connectivity index (χ0n) is 23.5. The summed E-state index contributed by atoms with van der Waals surface area (Å²) in [5.41, 5.74) is 11.2. The molecule has 0 aromatic heterocycles. The van der Waals surface area contributed by atoms with Crippen molar-refractivity contribution < 1.29 is 14.3 Å². The van der Waals surface area contributed by atoms with Gasteiger partial charge in [0.2, 0.25) is 0 Å². The summed E-state index contributed by atoms with van der Waals surface area (Å²) in [5.74, 6) is -0.163. The molecule has 6 rings (SSSR count). The molecule has 214 valence electrons. The summed E-state index contributed by atoms with van der Waals surface area (Å²) >= 11 is 0. The minimum Gasteiger partial charge on any atom is -0.398 e. The molecule has 0 radical (unpaired) electrons. The summed E-state index contributed by atoms with van der Waals surface area (Å²) in [6, 6.07) is 24.2. The molecule has 3 aliphatic rings. The maximum absolute atomic E-state index is 13.3. The smallest absolute Gasteiger partial charge is 0.251 e. The maximum Gasteiger partial charge on any atom is 0.251 e. The molecule has 3 fully saturated rings. The number of nitrogens with zero attached hydrogens (tertiary/aromatic N) is 2. The van der Waals surface area contributed by atoms with Crippen LogP contribution in [0.15, 0.2) is 72.8 Å². The van der Waals surface area contributed by atoms with Crippen LogP contribution in [0.1, 0.15) is 39.9 Å². The molecular formula is C33H39N5O3. The first-order valence-electron chi connectivity index (χ1n) is 14.6. The lowest BCUT2D eigenvalue weighted by molar-refractivity contribution is 0.0105. The van der Waals surface area contributed by atoms with Crippen molar-refractivity contribution in [1.29, 1.82) is 5.41 Å². The van der Waals surface area contributed by atoms with Crippen LogP contribution in [0, 0.1) is 5.41 Å². The summed E-state index contributed by atoms with van der Waals surface area (Å²) in [6.45, 7) is 7.58. The van der Waals surface area contributed by atoms with Crippen molar-refractivity contribution in [2.75, 3.05) is 69.8 Å². The molecule has 8 nitrogen and oxygen atoms in total. The predicted octanol–water partition coefficient (Wildman–Crippen LogP) is 3.68. The largest absolute Gasteiger partial charge is 0.398 e. The van der Waals surface area contributed by atoms with Crippen LogP contribution >= 0.6 is 0 Å². The highest BCUT2D eigenvalue weighted by Gasteiger charge is 2.35. The molecule has 0 atom stereocenters. The number of hydrogen-bond acceptors (Lipinski definition) is 7. The summed E-state index contributed by atoms with van der Waals surface area (Å²) in [4.78, 5) is 18.2. The van der Waals surface area contributed by atoms with E-state index < -0.39 is 0 Å². The number of amides is 1. The molecule has 3 aromatic carbocycles. The van der Waals surface area contributed by atoms with Crippen molar-refractivity contribution in [3.63, 3.8) is 0 Å². The molecule has 0 spiro atoms. The number of carbonyl (C=O) groups excluding carboxylic acids is 1. The van der Waals surface area contributed by atoms with E-state index in [0.29, 0.717) is 48.3 Å². The van der Waals surface area contributed by atoms with Crippen molar-refractivity contribution in [3.8, 4) is 0 Å². The number of nitrogens with one attached hydrogen (secondary N) is 2. The fourth-order valence-corrected chi connectivity index (χ4v) is 6.22. The quantitative estimate of drug-likeness (QED) is 0.291. The lowest BCUT2D eigenvalue weighted by atomic mass is 9.74. The van der Waals surface area contributed by atoms with Crippen molar-refractivity contribution in [3.05, 3.63) is 95.1 Å². The number of nitrogens with two attached hydrogens (primary N) is 1. The van der Waals surface area contributed by atoms with Gasteiger partial charge in [-0.25, -0.2) is 0 Å². The third-order valence-corrected chi connectivity index (χ3v) is 8.95. The minimum absolute atomic E-state index is 0.154. The van der Waals surface area contributed by atoms with Gasteiger partial charge in [-0.15, -0.1) is 0 Å². The van der Waals surface area contributed by atoms with Crippen LogP contribution in [-0.4, -0.2) is 81.7 Å². The van der Waals surface area contributed by atoms with Gasteiger partial charge in [-0.3, -0.25) is 15.1 Å². The van der Waals surface area contributed by atoms with Gasteiger partial charge in [-0.1, -0.05) is 42.5 Å². The van der Waals surface area contributed by atoms with Gasteiger partial charge in [0.05, 0.1) is 18.9 Å². The average molecular weight is 554 g/mol. The van der Waals surface area contributed by atoms with Gasteiger partial charge in [0.25, 0.3) is 5.91 Å². The van der Waals surface area contributed by atoms with E-state index in [1.54, 1.807) is 18.2 Å². The highest BCUT2D eigenvalue weighted by atomic mass is 16.5. The average Bonchev–Trinajstić information content (AvgIpc) is 3.01. The first-order valence-corrected chi connectivity index (χ1v) is 14.6. The van der Waals surface area contributed by atoms with Gasteiger partial charge in [0.1, 0.15) is 0 Å². The van der Waals surface area contributed by atoms with E-state index in [2.05, 4.69) is 39.4 Å². The molecule has 41 heavy (non-hydrogen) atoms. The molecule has 3 heterocycles. The number of hydrogen-bond donors (Lipinski definition) is 3. The van der Waals surface area contributed by atoms with Crippen LogP contribution in [0.2, 0.25) is 0 Å². The molecule has 4 N–H and O–H groups in total. The Morgan fingerprint density at radius 1 is 0.902 bits per heavy atom. The zero-order valence-corrected chi connectivity index (χ0v) is 23.5. The zero-order chi connectivity index (χ0) is 28.2. The summed E-state index contributed by atoms with van der Waals surface area (Å²) in [7, 11) is 0. The fourth-order valence-electron chi connectivity index (χ4n) is 6.22. The van der Waals surface area contributed by atoms with Gasteiger partial charge in [0.15, 0.2) is 0 Å².